The van der Waals surface area contributed by atoms with Crippen LogP contribution in [0.3, 0.4) is 0 Å². The van der Waals surface area contributed by atoms with Crippen LogP contribution in [0.5, 0.6) is 0 Å². The Labute approximate surface area is 92.7 Å². The first kappa shape index (κ1) is 15.7. The summed E-state index contributed by atoms with van der Waals surface area (Å²) in [5.41, 5.74) is 0. The average Bonchev–Trinajstić information content (AvgIpc) is 1.91. The van der Waals surface area contributed by atoms with Gasteiger partial charge in [-0.1, -0.05) is 6.92 Å². The van der Waals surface area contributed by atoms with Crippen LogP contribution >= 0.6 is 0 Å². The molecule has 3 N–H and O–H groups in total. The van der Waals surface area contributed by atoms with E-state index in [1.54, 1.807) is 0 Å². The van der Waals surface area contributed by atoms with E-state index >= 15 is 0 Å². The van der Waals surface area contributed by atoms with Gasteiger partial charge in [0.05, 0.1) is 0 Å². The molecule has 0 aliphatic heterocycles. The second kappa shape index (κ2) is 4.19. The van der Waals surface area contributed by atoms with Crippen LogP contribution in [0, 0.1) is 6.92 Å². The standard InChI is InChI=1S/C4H9O9S3/c1-2-3-4(14(5,6)7,15(8,9)10)16(11,12)13/h1-3H2,(H,5,6,7)(H,8,9,10)(H,11,12,13). The van der Waals surface area contributed by atoms with Crippen LogP contribution in [0.25, 0.3) is 0 Å². The summed E-state index contributed by atoms with van der Waals surface area (Å²) in [4.78, 5) is 0. The van der Waals surface area contributed by atoms with Crippen LogP contribution < -0.4 is 0 Å². The van der Waals surface area contributed by atoms with E-state index in [1.165, 1.54) is 0 Å². The predicted molar refractivity (Wildman–Crippen MR) is 52.0 cm³/mol. The quantitative estimate of drug-likeness (QED) is 0.535. The Morgan fingerprint density at radius 1 is 0.812 bits per heavy atom. The van der Waals surface area contributed by atoms with E-state index in [0.29, 0.717) is 0 Å². The van der Waals surface area contributed by atoms with Crippen molar-refractivity contribution < 1.29 is 38.9 Å². The van der Waals surface area contributed by atoms with Gasteiger partial charge in [0.1, 0.15) is 0 Å². The zero-order valence-corrected chi connectivity index (χ0v) is 10.1. The Hall–Kier alpha value is -0.270. The summed E-state index contributed by atoms with van der Waals surface area (Å²) in [6, 6.07) is 0. The van der Waals surface area contributed by atoms with Crippen LogP contribution in [0.15, 0.2) is 0 Å². The van der Waals surface area contributed by atoms with Gasteiger partial charge in [-0.2, -0.15) is 25.3 Å². The van der Waals surface area contributed by atoms with Crippen molar-refractivity contribution in [1.29, 1.82) is 0 Å². The zero-order valence-electron chi connectivity index (χ0n) is 7.64. The van der Waals surface area contributed by atoms with Crippen molar-refractivity contribution in [2.45, 2.75) is 16.3 Å². The second-order valence-electron chi connectivity index (χ2n) is 2.71. The lowest BCUT2D eigenvalue weighted by atomic mass is 10.4. The molecule has 0 rings (SSSR count). The highest BCUT2D eigenvalue weighted by atomic mass is 32.3. The molecular formula is C4H9O9S3. The third-order valence-electron chi connectivity index (χ3n) is 1.66. The molecule has 0 saturated heterocycles. The van der Waals surface area contributed by atoms with Crippen molar-refractivity contribution in [3.05, 3.63) is 6.92 Å². The van der Waals surface area contributed by atoms with Gasteiger partial charge in [-0.05, 0) is 6.42 Å². The van der Waals surface area contributed by atoms with Gasteiger partial charge in [0.25, 0.3) is 0 Å². The summed E-state index contributed by atoms with van der Waals surface area (Å²) in [6.07, 6.45) is -1.91. The molecule has 0 aliphatic rings. The Kier molecular flexibility index (Phi) is 4.12. The maximum absolute atomic E-state index is 10.8. The fourth-order valence-electron chi connectivity index (χ4n) is 1.00. The Bertz CT molecular complexity index is 471. The maximum Gasteiger partial charge on any atom is 0.345 e. The topological polar surface area (TPSA) is 163 Å². The smallest absolute Gasteiger partial charge is 0.283 e. The van der Waals surface area contributed by atoms with Gasteiger partial charge in [0, 0.05) is 6.42 Å². The van der Waals surface area contributed by atoms with Gasteiger partial charge in [-0.15, -0.1) is 0 Å². The van der Waals surface area contributed by atoms with Gasteiger partial charge in [0.15, 0.2) is 0 Å². The summed E-state index contributed by atoms with van der Waals surface area (Å²) in [6.45, 7) is 2.98. The molecule has 0 heterocycles. The summed E-state index contributed by atoms with van der Waals surface area (Å²) < 4.78 is 86.4. The van der Waals surface area contributed by atoms with Crippen molar-refractivity contribution >= 4 is 30.4 Å². The average molecular weight is 297 g/mol. The lowest BCUT2D eigenvalue weighted by molar-refractivity contribution is 0.417. The molecule has 9 nitrogen and oxygen atoms in total. The first-order chi connectivity index (χ1) is 6.81. The Morgan fingerprint density at radius 2 is 1.06 bits per heavy atom. The Balaban J connectivity index is 6.53. The van der Waals surface area contributed by atoms with Crippen LogP contribution in [0.4, 0.5) is 0 Å². The molecule has 0 aromatic rings. The molecule has 1 radical (unpaired) electrons. The normalized spacial score (nSPS) is 15.0. The molecule has 16 heavy (non-hydrogen) atoms. The Morgan fingerprint density at radius 3 is 1.12 bits per heavy atom. The molecule has 0 aliphatic carbocycles. The van der Waals surface area contributed by atoms with E-state index in [1.807, 2.05) is 0 Å². The molecule has 0 atom stereocenters. The van der Waals surface area contributed by atoms with Crippen LogP contribution in [-0.4, -0.2) is 42.3 Å². The molecule has 97 valence electrons. The molecule has 0 unspecified atom stereocenters. The SMILES string of the molecule is [CH2]CCC(S(=O)(=O)O)(S(=O)(=O)O)S(=O)(=O)O. The minimum absolute atomic E-state index is 0.598. The van der Waals surface area contributed by atoms with Crippen molar-refractivity contribution in [2.24, 2.45) is 0 Å². The van der Waals surface area contributed by atoms with E-state index in [9.17, 15) is 25.3 Å². The lowest BCUT2D eigenvalue weighted by Gasteiger charge is -2.23. The van der Waals surface area contributed by atoms with E-state index in [-0.39, 0.29) is 0 Å². The molecule has 0 spiro atoms. The molecule has 0 saturated carbocycles. The number of hydrogen-bond acceptors (Lipinski definition) is 6. The second-order valence-corrected chi connectivity index (χ2v) is 8.43. The lowest BCUT2D eigenvalue weighted by Crippen LogP contribution is -2.52. The molecule has 0 aromatic carbocycles. The third kappa shape index (κ3) is 2.36. The summed E-state index contributed by atoms with van der Waals surface area (Å²) in [5, 5.41) is 0. The molecule has 0 bridgehead atoms. The molecule has 0 amide bonds. The summed E-state index contributed by atoms with van der Waals surface area (Å²) in [7, 11) is -17.5. The van der Waals surface area contributed by atoms with E-state index in [2.05, 4.69) is 6.92 Å². The first-order valence-corrected chi connectivity index (χ1v) is 7.83. The fourth-order valence-corrected chi connectivity index (χ4v) is 5.40. The highest BCUT2D eigenvalue weighted by Gasteiger charge is 2.64. The van der Waals surface area contributed by atoms with E-state index in [4.69, 9.17) is 13.7 Å². The molecular weight excluding hydrogens is 288 g/mol. The monoisotopic (exact) mass is 297 g/mol. The van der Waals surface area contributed by atoms with Gasteiger partial charge >= 0.3 is 33.8 Å². The van der Waals surface area contributed by atoms with E-state index in [0.717, 1.165) is 0 Å². The highest BCUT2D eigenvalue weighted by molar-refractivity contribution is 8.21. The van der Waals surface area contributed by atoms with Gasteiger partial charge in [-0.3, -0.25) is 13.7 Å². The number of hydrogen-bond donors (Lipinski definition) is 3. The maximum atomic E-state index is 10.8. The first-order valence-electron chi connectivity index (χ1n) is 3.51. The molecule has 12 heteroatoms. The van der Waals surface area contributed by atoms with Crippen LogP contribution in [0.2, 0.25) is 0 Å². The zero-order chi connectivity index (χ0) is 13.4. The van der Waals surface area contributed by atoms with Gasteiger partial charge < -0.3 is 0 Å². The number of rotatable bonds is 5. The van der Waals surface area contributed by atoms with Crippen molar-refractivity contribution in [2.75, 3.05) is 0 Å². The van der Waals surface area contributed by atoms with E-state index < -0.39 is 46.6 Å². The summed E-state index contributed by atoms with van der Waals surface area (Å²) in [5.74, 6) is 0. The van der Waals surface area contributed by atoms with Crippen molar-refractivity contribution in [3.8, 4) is 0 Å². The minimum atomic E-state index is -5.82. The minimum Gasteiger partial charge on any atom is -0.283 e. The van der Waals surface area contributed by atoms with Gasteiger partial charge in [-0.25, -0.2) is 0 Å². The highest BCUT2D eigenvalue weighted by Crippen LogP contribution is 2.33. The fraction of sp³-hybridized carbons (Fsp3) is 0.750. The van der Waals surface area contributed by atoms with Crippen molar-refractivity contribution in [1.82, 2.24) is 0 Å². The molecule has 0 fully saturated rings. The largest absolute Gasteiger partial charge is 0.345 e. The van der Waals surface area contributed by atoms with Gasteiger partial charge in [0.2, 0.25) is 0 Å². The summed E-state index contributed by atoms with van der Waals surface area (Å²) >= 11 is 0. The van der Waals surface area contributed by atoms with Crippen molar-refractivity contribution in [3.63, 3.8) is 0 Å². The van der Waals surface area contributed by atoms with Crippen LogP contribution in [0.1, 0.15) is 12.8 Å². The van der Waals surface area contributed by atoms with Crippen LogP contribution in [-0.2, 0) is 30.4 Å². The third-order valence-corrected chi connectivity index (χ3v) is 8.42. The predicted octanol–water partition coefficient (Wildman–Crippen LogP) is -1.08. The molecule has 0 aromatic heterocycles.